The van der Waals surface area contributed by atoms with Gasteiger partial charge in [-0.3, -0.25) is 4.79 Å². The van der Waals surface area contributed by atoms with Crippen molar-refractivity contribution in [1.82, 2.24) is 0 Å². The van der Waals surface area contributed by atoms with Gasteiger partial charge in [0.05, 0.1) is 12.9 Å². The zero-order valence-electron chi connectivity index (χ0n) is 6.02. The summed E-state index contributed by atoms with van der Waals surface area (Å²) in [6, 6.07) is 0. The molecule has 2 nitrogen and oxygen atoms in total. The SMILES string of the molecule is COC(=O)CS[C@@H](Cl)C(F)(F)F. The number of esters is 1. The van der Waals surface area contributed by atoms with Crippen molar-refractivity contribution in [3.63, 3.8) is 0 Å². The maximum absolute atomic E-state index is 11.7. The Balaban J connectivity index is 3.72. The van der Waals surface area contributed by atoms with E-state index >= 15 is 0 Å². The molecule has 1 atom stereocenters. The van der Waals surface area contributed by atoms with E-state index in [2.05, 4.69) is 4.74 Å². The van der Waals surface area contributed by atoms with Crippen LogP contribution in [0.2, 0.25) is 0 Å². The molecule has 0 rings (SSSR count). The van der Waals surface area contributed by atoms with Crippen molar-refractivity contribution in [3.05, 3.63) is 0 Å². The number of alkyl halides is 4. The first-order valence-corrected chi connectivity index (χ1v) is 4.25. The molecule has 0 fully saturated rings. The van der Waals surface area contributed by atoms with E-state index in [1.165, 1.54) is 0 Å². The molecule has 12 heavy (non-hydrogen) atoms. The Kier molecular flexibility index (Phi) is 4.77. The predicted molar refractivity (Wildman–Crippen MR) is 40.2 cm³/mol. The van der Waals surface area contributed by atoms with Crippen LogP contribution in [0, 0.1) is 0 Å². The van der Waals surface area contributed by atoms with Gasteiger partial charge in [0.2, 0.25) is 0 Å². The largest absolute Gasteiger partial charge is 0.468 e. The van der Waals surface area contributed by atoms with E-state index < -0.39 is 22.6 Å². The van der Waals surface area contributed by atoms with Crippen molar-refractivity contribution >= 4 is 29.3 Å². The summed E-state index contributed by atoms with van der Waals surface area (Å²) in [5, 5.41) is 0. The zero-order valence-corrected chi connectivity index (χ0v) is 7.59. The van der Waals surface area contributed by atoms with E-state index in [0.29, 0.717) is 0 Å². The monoisotopic (exact) mass is 222 g/mol. The van der Waals surface area contributed by atoms with Gasteiger partial charge in [0.25, 0.3) is 0 Å². The molecule has 0 radical (unpaired) electrons. The molecule has 72 valence electrons. The second-order valence-corrected chi connectivity index (χ2v) is 3.53. The molecule has 0 saturated carbocycles. The Morgan fingerprint density at radius 2 is 2.17 bits per heavy atom. The van der Waals surface area contributed by atoms with Gasteiger partial charge in [0.15, 0.2) is 4.71 Å². The van der Waals surface area contributed by atoms with Gasteiger partial charge in [-0.2, -0.15) is 13.2 Å². The van der Waals surface area contributed by atoms with Crippen molar-refractivity contribution in [1.29, 1.82) is 0 Å². The van der Waals surface area contributed by atoms with Crippen molar-refractivity contribution in [2.75, 3.05) is 12.9 Å². The number of halogens is 4. The van der Waals surface area contributed by atoms with Gasteiger partial charge in [0.1, 0.15) is 0 Å². The summed E-state index contributed by atoms with van der Waals surface area (Å²) in [4.78, 5) is 10.4. The molecule has 0 aliphatic rings. The lowest BCUT2D eigenvalue weighted by molar-refractivity contribution is -0.137. The molecular weight excluding hydrogens is 217 g/mol. The van der Waals surface area contributed by atoms with E-state index in [1.807, 2.05) is 0 Å². The number of ether oxygens (including phenoxy) is 1. The lowest BCUT2D eigenvalue weighted by atomic mass is 10.8. The molecule has 0 unspecified atom stereocenters. The van der Waals surface area contributed by atoms with Crippen LogP contribution in [-0.2, 0) is 9.53 Å². The van der Waals surface area contributed by atoms with Gasteiger partial charge in [-0.05, 0) is 0 Å². The molecule has 0 saturated heterocycles. The molecule has 0 bridgehead atoms. The number of carbonyl (C=O) groups is 1. The van der Waals surface area contributed by atoms with Crippen LogP contribution in [-0.4, -0.2) is 29.7 Å². The molecule has 0 N–H and O–H groups in total. The summed E-state index contributed by atoms with van der Waals surface area (Å²) in [7, 11) is 1.10. The topological polar surface area (TPSA) is 26.3 Å². The Labute approximate surface area is 76.4 Å². The number of hydrogen-bond acceptors (Lipinski definition) is 3. The summed E-state index contributed by atoms with van der Waals surface area (Å²) in [6.07, 6.45) is -4.49. The Bertz CT molecular complexity index is 161. The molecule has 7 heteroatoms. The Hall–Kier alpha value is -0.100. The second-order valence-electron chi connectivity index (χ2n) is 1.74. The van der Waals surface area contributed by atoms with E-state index in [-0.39, 0.29) is 11.8 Å². The summed E-state index contributed by atoms with van der Waals surface area (Å²) >= 11 is 5.17. The number of hydrogen-bond donors (Lipinski definition) is 0. The van der Waals surface area contributed by atoms with Crippen LogP contribution in [0.3, 0.4) is 0 Å². The third kappa shape index (κ3) is 4.71. The highest BCUT2D eigenvalue weighted by atomic mass is 35.5. The third-order valence-electron chi connectivity index (χ3n) is 0.833. The Morgan fingerprint density at radius 3 is 2.50 bits per heavy atom. The first-order chi connectivity index (χ1) is 5.38. The highest BCUT2D eigenvalue weighted by molar-refractivity contribution is 8.01. The van der Waals surface area contributed by atoms with Gasteiger partial charge in [-0.1, -0.05) is 0 Å². The number of carbonyl (C=O) groups excluding carboxylic acids is 1. The number of thioether (sulfide) groups is 1. The molecule has 0 aromatic rings. The lowest BCUT2D eigenvalue weighted by Crippen LogP contribution is -2.21. The second kappa shape index (κ2) is 4.81. The fraction of sp³-hybridized carbons (Fsp3) is 0.800. The van der Waals surface area contributed by atoms with Crippen LogP contribution < -0.4 is 0 Å². The van der Waals surface area contributed by atoms with E-state index in [0.717, 1.165) is 7.11 Å². The number of rotatable bonds is 3. The van der Waals surface area contributed by atoms with Gasteiger partial charge >= 0.3 is 12.1 Å². The molecule has 0 spiro atoms. The van der Waals surface area contributed by atoms with Gasteiger partial charge in [-0.25, -0.2) is 0 Å². The zero-order chi connectivity index (χ0) is 9.78. The Morgan fingerprint density at radius 1 is 1.67 bits per heavy atom. The highest BCUT2D eigenvalue weighted by Gasteiger charge is 2.38. The standard InChI is InChI=1S/C5H6ClF3O2S/c1-11-3(10)2-12-4(6)5(7,8)9/h4H,2H2,1H3/t4-/m1/s1. The molecule has 0 heterocycles. The lowest BCUT2D eigenvalue weighted by Gasteiger charge is -2.11. The van der Waals surface area contributed by atoms with Crippen molar-refractivity contribution in [3.8, 4) is 0 Å². The van der Waals surface area contributed by atoms with E-state index in [4.69, 9.17) is 11.6 Å². The predicted octanol–water partition coefficient (Wildman–Crippen LogP) is 2.02. The maximum atomic E-state index is 11.7. The first-order valence-electron chi connectivity index (χ1n) is 2.77. The van der Waals surface area contributed by atoms with Gasteiger partial charge in [-0.15, -0.1) is 23.4 Å². The average Bonchev–Trinajstić information content (AvgIpc) is 1.97. The van der Waals surface area contributed by atoms with E-state index in [1.54, 1.807) is 0 Å². The van der Waals surface area contributed by atoms with Gasteiger partial charge < -0.3 is 4.74 Å². The molecule has 0 aromatic carbocycles. The average molecular weight is 223 g/mol. The molecule has 0 aliphatic heterocycles. The minimum atomic E-state index is -4.49. The summed E-state index contributed by atoms with van der Waals surface area (Å²) < 4.78 is 37.2. The smallest absolute Gasteiger partial charge is 0.414 e. The summed E-state index contributed by atoms with van der Waals surface area (Å²) in [5.74, 6) is -1.13. The minimum absolute atomic E-state index is 0.282. The fourth-order valence-electron chi connectivity index (χ4n) is 0.295. The molecular formula is C5H6ClF3O2S. The van der Waals surface area contributed by atoms with Crippen LogP contribution >= 0.6 is 23.4 Å². The van der Waals surface area contributed by atoms with Crippen LogP contribution in [0.1, 0.15) is 0 Å². The van der Waals surface area contributed by atoms with E-state index in [9.17, 15) is 18.0 Å². The van der Waals surface area contributed by atoms with Crippen LogP contribution in [0.25, 0.3) is 0 Å². The van der Waals surface area contributed by atoms with Crippen molar-refractivity contribution in [2.24, 2.45) is 0 Å². The maximum Gasteiger partial charge on any atom is 0.414 e. The van der Waals surface area contributed by atoms with Crippen molar-refractivity contribution in [2.45, 2.75) is 10.9 Å². The normalized spacial score (nSPS) is 14.1. The first kappa shape index (κ1) is 11.9. The molecule has 0 aliphatic carbocycles. The minimum Gasteiger partial charge on any atom is -0.468 e. The molecule has 0 amide bonds. The van der Waals surface area contributed by atoms with Crippen LogP contribution in [0.4, 0.5) is 13.2 Å². The summed E-state index contributed by atoms with van der Waals surface area (Å²) in [5.41, 5.74) is 0. The quantitative estimate of drug-likeness (QED) is 0.540. The molecule has 0 aromatic heterocycles. The van der Waals surface area contributed by atoms with Crippen LogP contribution in [0.15, 0.2) is 0 Å². The fourth-order valence-corrected chi connectivity index (χ4v) is 1.07. The highest BCUT2D eigenvalue weighted by Crippen LogP contribution is 2.33. The van der Waals surface area contributed by atoms with Crippen LogP contribution in [0.5, 0.6) is 0 Å². The van der Waals surface area contributed by atoms with Gasteiger partial charge in [0, 0.05) is 0 Å². The number of methoxy groups -OCH3 is 1. The summed E-state index contributed by atoms with van der Waals surface area (Å²) in [6.45, 7) is 0. The van der Waals surface area contributed by atoms with Crippen molar-refractivity contribution < 1.29 is 22.7 Å². The third-order valence-corrected chi connectivity index (χ3v) is 2.42.